The summed E-state index contributed by atoms with van der Waals surface area (Å²) < 4.78 is 11.5. The van der Waals surface area contributed by atoms with Crippen molar-refractivity contribution >= 4 is 5.84 Å². The van der Waals surface area contributed by atoms with E-state index in [9.17, 15) is 0 Å². The first-order chi connectivity index (χ1) is 14.3. The summed E-state index contributed by atoms with van der Waals surface area (Å²) in [5.74, 6) is 12.5. The van der Waals surface area contributed by atoms with E-state index in [2.05, 4.69) is 15.5 Å². The number of amidine groups is 1. The molecule has 0 saturated carbocycles. The number of hydrazone groups is 1. The van der Waals surface area contributed by atoms with Crippen molar-refractivity contribution < 1.29 is 9.47 Å². The molecule has 0 atom stereocenters. The average molecular weight is 391 g/mol. The van der Waals surface area contributed by atoms with E-state index in [1.54, 1.807) is 0 Å². The molecule has 0 aliphatic carbocycles. The summed E-state index contributed by atoms with van der Waals surface area (Å²) in [6, 6.07) is 23.5. The van der Waals surface area contributed by atoms with E-state index in [-0.39, 0.29) is 0 Å². The smallest absolute Gasteiger partial charge is 0.136 e. The van der Waals surface area contributed by atoms with Gasteiger partial charge >= 0.3 is 0 Å². The molecule has 0 aliphatic rings. The van der Waals surface area contributed by atoms with Crippen molar-refractivity contribution in [3.63, 3.8) is 0 Å². The normalized spacial score (nSPS) is 11.1. The lowest BCUT2D eigenvalue weighted by Gasteiger charge is -2.10. The molecule has 1 aromatic heterocycles. The number of nitrogens with one attached hydrogen (secondary N) is 1. The Labute approximate surface area is 170 Å². The number of hydrogen-bond donors (Lipinski definition) is 3. The van der Waals surface area contributed by atoms with Gasteiger partial charge in [0.2, 0.25) is 0 Å². The number of benzene rings is 2. The molecule has 2 aromatic carbocycles. The summed E-state index contributed by atoms with van der Waals surface area (Å²) in [7, 11) is 0. The van der Waals surface area contributed by atoms with Crippen LogP contribution in [0, 0.1) is 0 Å². The first-order valence-corrected chi connectivity index (χ1v) is 9.39. The minimum Gasteiger partial charge on any atom is -0.494 e. The van der Waals surface area contributed by atoms with Gasteiger partial charge in [-0.3, -0.25) is 0 Å². The van der Waals surface area contributed by atoms with Crippen molar-refractivity contribution in [1.29, 1.82) is 0 Å². The third-order valence-corrected chi connectivity index (χ3v) is 4.24. The summed E-state index contributed by atoms with van der Waals surface area (Å²) in [6.07, 6.45) is 1.38. The molecule has 150 valence electrons. The summed E-state index contributed by atoms with van der Waals surface area (Å²) in [5.41, 5.74) is 5.34. The SMILES string of the molecule is N/N=C(/CCCOc1ccc(OCc2cccc(-c3ccccc3)n2)cc1)NN. The highest BCUT2D eigenvalue weighted by Gasteiger charge is 2.03. The third-order valence-electron chi connectivity index (χ3n) is 4.24. The fourth-order valence-corrected chi connectivity index (χ4v) is 2.72. The molecule has 7 nitrogen and oxygen atoms in total. The predicted octanol–water partition coefficient (Wildman–Crippen LogP) is 3.22. The minimum absolute atomic E-state index is 0.397. The van der Waals surface area contributed by atoms with Gasteiger partial charge < -0.3 is 20.7 Å². The second-order valence-corrected chi connectivity index (χ2v) is 6.31. The fraction of sp³-hybridized carbons (Fsp3) is 0.182. The fourth-order valence-electron chi connectivity index (χ4n) is 2.72. The zero-order valence-corrected chi connectivity index (χ0v) is 16.1. The van der Waals surface area contributed by atoms with E-state index < -0.39 is 0 Å². The van der Waals surface area contributed by atoms with E-state index in [0.717, 1.165) is 34.9 Å². The number of hydrogen-bond acceptors (Lipinski definition) is 6. The third kappa shape index (κ3) is 6.22. The van der Waals surface area contributed by atoms with Crippen molar-refractivity contribution in [2.45, 2.75) is 19.4 Å². The highest BCUT2D eigenvalue weighted by molar-refractivity contribution is 5.81. The first kappa shape index (κ1) is 20.2. The largest absolute Gasteiger partial charge is 0.494 e. The zero-order chi connectivity index (χ0) is 20.3. The maximum Gasteiger partial charge on any atom is 0.136 e. The Morgan fingerprint density at radius 1 is 0.897 bits per heavy atom. The average Bonchev–Trinajstić information content (AvgIpc) is 2.79. The predicted molar refractivity (Wildman–Crippen MR) is 114 cm³/mol. The van der Waals surface area contributed by atoms with Crippen LogP contribution < -0.4 is 26.6 Å². The summed E-state index contributed by atoms with van der Waals surface area (Å²) in [6.45, 7) is 0.936. The van der Waals surface area contributed by atoms with Crippen LogP contribution in [0.2, 0.25) is 0 Å². The Kier molecular flexibility index (Phi) is 7.42. The molecule has 0 unspecified atom stereocenters. The monoisotopic (exact) mass is 391 g/mol. The van der Waals surface area contributed by atoms with Crippen LogP contribution in [-0.4, -0.2) is 17.4 Å². The van der Waals surface area contributed by atoms with Crippen LogP contribution in [-0.2, 0) is 6.61 Å². The van der Waals surface area contributed by atoms with Gasteiger partial charge in [-0.1, -0.05) is 36.4 Å². The molecule has 0 bridgehead atoms. The van der Waals surface area contributed by atoms with Crippen molar-refractivity contribution in [2.24, 2.45) is 16.8 Å². The van der Waals surface area contributed by atoms with Crippen molar-refractivity contribution in [1.82, 2.24) is 10.4 Å². The lowest BCUT2D eigenvalue weighted by Crippen LogP contribution is -2.31. The van der Waals surface area contributed by atoms with Gasteiger partial charge in [0.05, 0.1) is 18.0 Å². The number of ether oxygens (including phenoxy) is 2. The van der Waals surface area contributed by atoms with Gasteiger partial charge in [0.15, 0.2) is 0 Å². The first-order valence-electron chi connectivity index (χ1n) is 9.39. The molecule has 3 rings (SSSR count). The quantitative estimate of drug-likeness (QED) is 0.170. The van der Waals surface area contributed by atoms with Gasteiger partial charge in [0.1, 0.15) is 23.9 Å². The molecular formula is C22H25N5O2. The van der Waals surface area contributed by atoms with Gasteiger partial charge in [-0.25, -0.2) is 10.8 Å². The van der Waals surface area contributed by atoms with Crippen molar-refractivity contribution in [3.8, 4) is 22.8 Å². The Balaban J connectivity index is 1.48. The standard InChI is InChI=1S/C22H25N5O2/c23-26-22(27-24)10-5-15-28-19-11-13-20(14-12-19)29-16-18-8-4-9-21(25-18)17-6-2-1-3-7-17/h1-4,6-9,11-14H,5,10,15-16,23-24H2,(H,26,27). The molecule has 3 aromatic rings. The van der Waals surface area contributed by atoms with Gasteiger partial charge in [-0.2, -0.15) is 5.10 Å². The summed E-state index contributed by atoms with van der Waals surface area (Å²) >= 11 is 0. The lowest BCUT2D eigenvalue weighted by atomic mass is 10.1. The van der Waals surface area contributed by atoms with E-state index in [1.165, 1.54) is 0 Å². The molecule has 5 N–H and O–H groups in total. The van der Waals surface area contributed by atoms with Crippen molar-refractivity contribution in [2.75, 3.05) is 6.61 Å². The van der Waals surface area contributed by atoms with Gasteiger partial charge in [-0.05, 0) is 42.8 Å². The van der Waals surface area contributed by atoms with Crippen LogP contribution in [0.4, 0.5) is 0 Å². The van der Waals surface area contributed by atoms with Gasteiger partial charge in [0, 0.05) is 12.0 Å². The van der Waals surface area contributed by atoms with Gasteiger partial charge in [-0.15, -0.1) is 0 Å². The van der Waals surface area contributed by atoms with E-state index in [4.69, 9.17) is 21.2 Å². The minimum atomic E-state index is 0.397. The second kappa shape index (κ2) is 10.7. The highest BCUT2D eigenvalue weighted by Crippen LogP contribution is 2.20. The molecule has 0 aliphatic heterocycles. The number of rotatable bonds is 9. The molecule has 0 amide bonds. The number of nitrogens with two attached hydrogens (primary N) is 2. The van der Waals surface area contributed by atoms with Crippen LogP contribution >= 0.6 is 0 Å². The molecule has 0 spiro atoms. The second-order valence-electron chi connectivity index (χ2n) is 6.31. The summed E-state index contributed by atoms with van der Waals surface area (Å²) in [5, 5.41) is 3.53. The highest BCUT2D eigenvalue weighted by atomic mass is 16.5. The molecule has 0 fully saturated rings. The van der Waals surface area contributed by atoms with Crippen LogP contribution in [0.25, 0.3) is 11.3 Å². The topological polar surface area (TPSA) is 108 Å². The zero-order valence-electron chi connectivity index (χ0n) is 16.1. The van der Waals surface area contributed by atoms with E-state index >= 15 is 0 Å². The van der Waals surface area contributed by atoms with E-state index in [1.807, 2.05) is 72.8 Å². The Morgan fingerprint density at radius 2 is 1.62 bits per heavy atom. The maximum absolute atomic E-state index is 5.85. The van der Waals surface area contributed by atoms with Crippen LogP contribution in [0.15, 0.2) is 77.9 Å². The van der Waals surface area contributed by atoms with Crippen LogP contribution in [0.3, 0.4) is 0 Å². The Bertz CT molecular complexity index is 914. The van der Waals surface area contributed by atoms with Crippen LogP contribution in [0.1, 0.15) is 18.5 Å². The number of hydrazine groups is 1. The number of pyridine rings is 1. The number of aromatic nitrogens is 1. The van der Waals surface area contributed by atoms with E-state index in [0.29, 0.717) is 25.5 Å². The van der Waals surface area contributed by atoms with Gasteiger partial charge in [0.25, 0.3) is 0 Å². The Hall–Kier alpha value is -3.58. The molecule has 1 heterocycles. The molecule has 7 heteroatoms. The van der Waals surface area contributed by atoms with Crippen molar-refractivity contribution in [3.05, 3.63) is 78.5 Å². The molecule has 0 radical (unpaired) electrons. The lowest BCUT2D eigenvalue weighted by molar-refractivity contribution is 0.297. The Morgan fingerprint density at radius 3 is 2.31 bits per heavy atom. The number of nitrogens with zero attached hydrogens (tertiary/aromatic N) is 2. The molecular weight excluding hydrogens is 366 g/mol. The maximum atomic E-state index is 5.85. The molecule has 29 heavy (non-hydrogen) atoms. The molecule has 0 saturated heterocycles. The summed E-state index contributed by atoms with van der Waals surface area (Å²) in [4.78, 5) is 4.67. The van der Waals surface area contributed by atoms with Crippen LogP contribution in [0.5, 0.6) is 11.5 Å².